The van der Waals surface area contributed by atoms with Gasteiger partial charge in [0, 0.05) is 24.0 Å². The average Bonchev–Trinajstić information content (AvgIpc) is 3.08. The number of non-ortho nitro benzene ring substituents is 1. The lowest BCUT2D eigenvalue weighted by Gasteiger charge is -2.04. The Morgan fingerprint density at radius 1 is 1.24 bits per heavy atom. The number of halogens is 2. The molecule has 3 aromatic rings. The van der Waals surface area contributed by atoms with Gasteiger partial charge in [0.2, 0.25) is 0 Å². The summed E-state index contributed by atoms with van der Waals surface area (Å²) in [6.07, 6.45) is 1.50. The number of amides is 1. The molecule has 0 bridgehead atoms. The van der Waals surface area contributed by atoms with Gasteiger partial charge in [0.1, 0.15) is 5.82 Å². The first-order chi connectivity index (χ1) is 11.9. The molecule has 0 aliphatic rings. The van der Waals surface area contributed by atoms with Crippen LogP contribution in [0, 0.1) is 15.9 Å². The Morgan fingerprint density at radius 2 is 2.04 bits per heavy atom. The van der Waals surface area contributed by atoms with Crippen LogP contribution in [-0.2, 0) is 0 Å². The van der Waals surface area contributed by atoms with Crippen molar-refractivity contribution in [3.8, 4) is 5.69 Å². The molecular weight excluding hydrogens is 351 g/mol. The number of benzene rings is 2. The molecule has 0 unspecified atom stereocenters. The van der Waals surface area contributed by atoms with E-state index in [-0.39, 0.29) is 22.1 Å². The second kappa shape index (κ2) is 6.70. The number of hydrogen-bond donors (Lipinski definition) is 1. The molecule has 126 valence electrons. The lowest BCUT2D eigenvalue weighted by Crippen LogP contribution is -2.13. The van der Waals surface area contributed by atoms with Gasteiger partial charge in [-0.25, -0.2) is 9.07 Å². The van der Waals surface area contributed by atoms with Crippen molar-refractivity contribution in [1.82, 2.24) is 9.78 Å². The molecule has 0 saturated carbocycles. The number of nitro benzene ring substituents is 1. The van der Waals surface area contributed by atoms with Gasteiger partial charge >= 0.3 is 0 Å². The Labute approximate surface area is 145 Å². The number of nitrogens with one attached hydrogen (secondary N) is 1. The van der Waals surface area contributed by atoms with Crippen LogP contribution in [0.25, 0.3) is 5.69 Å². The van der Waals surface area contributed by atoms with Gasteiger partial charge in [-0.15, -0.1) is 0 Å². The van der Waals surface area contributed by atoms with E-state index in [2.05, 4.69) is 10.4 Å². The molecule has 0 spiro atoms. The monoisotopic (exact) mass is 360 g/mol. The molecule has 9 heteroatoms. The third-order valence-electron chi connectivity index (χ3n) is 3.30. The van der Waals surface area contributed by atoms with Crippen LogP contribution in [0.4, 0.5) is 15.8 Å². The van der Waals surface area contributed by atoms with Gasteiger partial charge in [0.15, 0.2) is 5.69 Å². The van der Waals surface area contributed by atoms with Gasteiger partial charge in [-0.1, -0.05) is 17.7 Å². The molecule has 2 aromatic carbocycles. The maximum absolute atomic E-state index is 13.4. The highest BCUT2D eigenvalue weighted by atomic mass is 35.5. The van der Waals surface area contributed by atoms with E-state index in [0.29, 0.717) is 5.69 Å². The van der Waals surface area contributed by atoms with Crippen molar-refractivity contribution in [2.45, 2.75) is 0 Å². The van der Waals surface area contributed by atoms with Crippen LogP contribution >= 0.6 is 11.6 Å². The first kappa shape index (κ1) is 16.6. The maximum atomic E-state index is 13.4. The topological polar surface area (TPSA) is 90.1 Å². The van der Waals surface area contributed by atoms with Crippen molar-refractivity contribution in [1.29, 1.82) is 0 Å². The number of nitrogens with zero attached hydrogens (tertiary/aromatic N) is 3. The number of rotatable bonds is 4. The fraction of sp³-hybridized carbons (Fsp3) is 0. The molecule has 0 aliphatic carbocycles. The van der Waals surface area contributed by atoms with Crippen molar-refractivity contribution < 1.29 is 14.1 Å². The van der Waals surface area contributed by atoms with Gasteiger partial charge in [0.05, 0.1) is 15.6 Å². The molecule has 0 fully saturated rings. The largest absolute Gasteiger partial charge is 0.320 e. The highest BCUT2D eigenvalue weighted by Gasteiger charge is 2.13. The molecule has 3 rings (SSSR count). The van der Waals surface area contributed by atoms with Crippen molar-refractivity contribution in [2.75, 3.05) is 5.32 Å². The van der Waals surface area contributed by atoms with Crippen molar-refractivity contribution in [2.24, 2.45) is 0 Å². The first-order valence-corrected chi connectivity index (χ1v) is 7.39. The number of nitro groups is 1. The summed E-state index contributed by atoms with van der Waals surface area (Å²) >= 11 is 5.59. The summed E-state index contributed by atoms with van der Waals surface area (Å²) in [5.74, 6) is -1.20. The van der Waals surface area contributed by atoms with Crippen LogP contribution < -0.4 is 5.32 Å². The number of anilines is 1. The highest BCUT2D eigenvalue weighted by Crippen LogP contribution is 2.20. The Morgan fingerprint density at radius 3 is 2.76 bits per heavy atom. The molecule has 0 aliphatic heterocycles. The highest BCUT2D eigenvalue weighted by molar-refractivity contribution is 6.30. The van der Waals surface area contributed by atoms with E-state index in [9.17, 15) is 19.3 Å². The SMILES string of the molecule is O=C(Nc1ccc(Cl)c(F)c1)c1ccn(-c2cccc([N+](=O)[O-])c2)n1. The number of carbonyl (C=O) groups is 1. The molecular formula is C16H10ClFN4O3. The second-order valence-electron chi connectivity index (χ2n) is 5.01. The van der Waals surface area contributed by atoms with E-state index in [1.54, 1.807) is 6.07 Å². The minimum Gasteiger partial charge on any atom is -0.320 e. The third-order valence-corrected chi connectivity index (χ3v) is 3.61. The number of hydrogen-bond acceptors (Lipinski definition) is 4. The van der Waals surface area contributed by atoms with Gasteiger partial charge in [-0.05, 0) is 30.3 Å². The summed E-state index contributed by atoms with van der Waals surface area (Å²) in [6, 6.07) is 11.2. The van der Waals surface area contributed by atoms with Crippen LogP contribution in [0.5, 0.6) is 0 Å². The summed E-state index contributed by atoms with van der Waals surface area (Å²) in [6.45, 7) is 0. The normalized spacial score (nSPS) is 10.5. The molecule has 0 radical (unpaired) electrons. The first-order valence-electron chi connectivity index (χ1n) is 7.01. The summed E-state index contributed by atoms with van der Waals surface area (Å²) in [7, 11) is 0. The zero-order valence-electron chi connectivity index (χ0n) is 12.5. The van der Waals surface area contributed by atoms with Gasteiger partial charge in [-0.2, -0.15) is 5.10 Å². The van der Waals surface area contributed by atoms with E-state index < -0.39 is 16.6 Å². The van der Waals surface area contributed by atoms with Crippen LogP contribution in [-0.4, -0.2) is 20.6 Å². The third kappa shape index (κ3) is 3.64. The van der Waals surface area contributed by atoms with Crippen molar-refractivity contribution in [3.63, 3.8) is 0 Å². The average molecular weight is 361 g/mol. The quantitative estimate of drug-likeness (QED) is 0.565. The minimum atomic E-state index is -0.651. The van der Waals surface area contributed by atoms with Crippen molar-refractivity contribution >= 4 is 28.9 Å². The van der Waals surface area contributed by atoms with Gasteiger partial charge in [-0.3, -0.25) is 14.9 Å². The van der Waals surface area contributed by atoms with Crippen molar-refractivity contribution in [3.05, 3.63) is 81.4 Å². The fourth-order valence-corrected chi connectivity index (χ4v) is 2.22. The number of aromatic nitrogens is 2. The second-order valence-corrected chi connectivity index (χ2v) is 5.41. The van der Waals surface area contributed by atoms with Gasteiger partial charge in [0.25, 0.3) is 11.6 Å². The molecule has 0 atom stereocenters. The molecule has 7 nitrogen and oxygen atoms in total. The van der Waals surface area contributed by atoms with Crippen LogP contribution in [0.1, 0.15) is 10.5 Å². The lowest BCUT2D eigenvalue weighted by molar-refractivity contribution is -0.384. The maximum Gasteiger partial charge on any atom is 0.276 e. The van der Waals surface area contributed by atoms with Crippen LogP contribution in [0.2, 0.25) is 5.02 Å². The minimum absolute atomic E-state index is 0.0482. The molecule has 0 saturated heterocycles. The standard InChI is InChI=1S/C16H10ClFN4O3/c17-13-5-4-10(8-14(13)18)19-16(23)15-6-7-21(20-15)11-2-1-3-12(9-11)22(24)25/h1-9H,(H,19,23). The molecule has 1 heterocycles. The van der Waals surface area contributed by atoms with Crippen LogP contribution in [0.3, 0.4) is 0 Å². The Balaban J connectivity index is 1.81. The zero-order chi connectivity index (χ0) is 18.0. The summed E-state index contributed by atoms with van der Waals surface area (Å²) < 4.78 is 14.7. The fourth-order valence-electron chi connectivity index (χ4n) is 2.11. The predicted molar refractivity (Wildman–Crippen MR) is 89.6 cm³/mol. The van der Waals surface area contributed by atoms with Crippen LogP contribution in [0.15, 0.2) is 54.7 Å². The summed E-state index contributed by atoms with van der Waals surface area (Å²) in [4.78, 5) is 22.5. The Kier molecular flexibility index (Phi) is 4.44. The Bertz CT molecular complexity index is 974. The number of carbonyl (C=O) groups excluding carboxylic acids is 1. The molecule has 1 aromatic heterocycles. The zero-order valence-corrected chi connectivity index (χ0v) is 13.3. The summed E-state index contributed by atoms with van der Waals surface area (Å²) in [5, 5.41) is 17.4. The van der Waals surface area contributed by atoms with E-state index in [1.165, 1.54) is 47.3 Å². The smallest absolute Gasteiger partial charge is 0.276 e. The summed E-state index contributed by atoms with van der Waals surface area (Å²) in [5.41, 5.74) is 0.653. The molecule has 1 amide bonds. The van der Waals surface area contributed by atoms with E-state index in [1.807, 2.05) is 0 Å². The predicted octanol–water partition coefficient (Wildman–Crippen LogP) is 3.83. The van der Waals surface area contributed by atoms with E-state index in [4.69, 9.17) is 11.6 Å². The lowest BCUT2D eigenvalue weighted by atomic mass is 10.3. The van der Waals surface area contributed by atoms with E-state index in [0.717, 1.165) is 6.07 Å². The Hall–Kier alpha value is -3.26. The van der Waals surface area contributed by atoms with Gasteiger partial charge < -0.3 is 5.32 Å². The molecule has 1 N–H and O–H groups in total. The van der Waals surface area contributed by atoms with E-state index >= 15 is 0 Å². The molecule has 25 heavy (non-hydrogen) atoms.